The number of benzene rings is 1. The second-order valence-electron chi connectivity index (χ2n) is 4.62. The van der Waals surface area contributed by atoms with Gasteiger partial charge in [0.1, 0.15) is 12.4 Å². The summed E-state index contributed by atoms with van der Waals surface area (Å²) in [4.78, 5) is 0. The zero-order chi connectivity index (χ0) is 14.5. The van der Waals surface area contributed by atoms with Gasteiger partial charge in [-0.25, -0.2) is 8.42 Å². The Labute approximate surface area is 116 Å². The fraction of sp³-hybridized carbons (Fsp3) is 0.571. The lowest BCUT2D eigenvalue weighted by molar-refractivity contribution is 0.338. The molecule has 0 radical (unpaired) electrons. The molecule has 4 nitrogen and oxygen atoms in total. The van der Waals surface area contributed by atoms with Gasteiger partial charge in [0.05, 0.1) is 5.75 Å². The standard InChI is InChI=1S/C14H23NO3S/c1-5-19(16,17)9-8-18-14-7-6-13(10-11(14)2)12(3)15-4/h6-7,10,12,15H,5,8-9H2,1-4H3. The lowest BCUT2D eigenvalue weighted by atomic mass is 10.1. The van der Waals surface area contributed by atoms with Gasteiger partial charge in [-0.2, -0.15) is 0 Å². The maximum atomic E-state index is 11.4. The van der Waals surface area contributed by atoms with Crippen molar-refractivity contribution in [3.8, 4) is 5.75 Å². The summed E-state index contributed by atoms with van der Waals surface area (Å²) in [5, 5.41) is 3.18. The SMILES string of the molecule is CCS(=O)(=O)CCOc1ccc(C(C)NC)cc1C. The van der Waals surface area contributed by atoms with E-state index in [1.807, 2.05) is 26.1 Å². The molecule has 1 atom stereocenters. The molecule has 108 valence electrons. The van der Waals surface area contributed by atoms with E-state index in [2.05, 4.69) is 18.3 Å². The first-order chi connectivity index (χ1) is 8.89. The molecule has 0 saturated carbocycles. The van der Waals surface area contributed by atoms with Crippen LogP contribution >= 0.6 is 0 Å². The van der Waals surface area contributed by atoms with Crippen LogP contribution in [0.3, 0.4) is 0 Å². The highest BCUT2D eigenvalue weighted by atomic mass is 32.2. The summed E-state index contributed by atoms with van der Waals surface area (Å²) in [5.74, 6) is 0.976. The van der Waals surface area contributed by atoms with Crippen molar-refractivity contribution in [2.75, 3.05) is 25.2 Å². The average molecular weight is 285 g/mol. The molecule has 1 aromatic carbocycles. The molecule has 1 unspecified atom stereocenters. The molecule has 1 aromatic rings. The molecule has 0 bridgehead atoms. The van der Waals surface area contributed by atoms with Crippen molar-refractivity contribution in [2.24, 2.45) is 0 Å². The fourth-order valence-electron chi connectivity index (χ4n) is 1.69. The highest BCUT2D eigenvalue weighted by molar-refractivity contribution is 7.91. The van der Waals surface area contributed by atoms with E-state index >= 15 is 0 Å². The first-order valence-electron chi connectivity index (χ1n) is 6.50. The third-order valence-corrected chi connectivity index (χ3v) is 4.89. The van der Waals surface area contributed by atoms with Gasteiger partial charge < -0.3 is 10.1 Å². The largest absolute Gasteiger partial charge is 0.492 e. The van der Waals surface area contributed by atoms with Crippen molar-refractivity contribution in [3.05, 3.63) is 29.3 Å². The summed E-state index contributed by atoms with van der Waals surface area (Å²) in [6.07, 6.45) is 0. The number of hydrogen-bond donors (Lipinski definition) is 1. The van der Waals surface area contributed by atoms with Gasteiger partial charge >= 0.3 is 0 Å². The van der Waals surface area contributed by atoms with Crippen LogP contribution < -0.4 is 10.1 Å². The van der Waals surface area contributed by atoms with Crippen LogP contribution in [0.1, 0.15) is 31.0 Å². The lowest BCUT2D eigenvalue weighted by Gasteiger charge is -2.14. The van der Waals surface area contributed by atoms with Crippen LogP contribution in [0, 0.1) is 6.92 Å². The molecule has 0 aliphatic carbocycles. The van der Waals surface area contributed by atoms with Crippen LogP contribution in [0.25, 0.3) is 0 Å². The van der Waals surface area contributed by atoms with Crippen LogP contribution in [0.15, 0.2) is 18.2 Å². The Morgan fingerprint density at radius 2 is 2.05 bits per heavy atom. The number of hydrogen-bond acceptors (Lipinski definition) is 4. The van der Waals surface area contributed by atoms with Gasteiger partial charge in [-0.15, -0.1) is 0 Å². The quantitative estimate of drug-likeness (QED) is 0.833. The molecule has 1 rings (SSSR count). The minimum Gasteiger partial charge on any atom is -0.492 e. The number of rotatable bonds is 7. The average Bonchev–Trinajstić information content (AvgIpc) is 2.39. The van der Waals surface area contributed by atoms with Crippen molar-refractivity contribution >= 4 is 9.84 Å². The number of ether oxygens (including phenoxy) is 1. The van der Waals surface area contributed by atoms with Crippen molar-refractivity contribution < 1.29 is 13.2 Å². The van der Waals surface area contributed by atoms with Gasteiger partial charge in [0.2, 0.25) is 0 Å². The van der Waals surface area contributed by atoms with Crippen LogP contribution in [-0.2, 0) is 9.84 Å². The third-order valence-electron chi connectivity index (χ3n) is 3.22. The minimum atomic E-state index is -2.96. The van der Waals surface area contributed by atoms with Crippen LogP contribution in [0.2, 0.25) is 0 Å². The van der Waals surface area contributed by atoms with Crippen molar-refractivity contribution in [2.45, 2.75) is 26.8 Å². The highest BCUT2D eigenvalue weighted by Gasteiger charge is 2.09. The fourth-order valence-corrected chi connectivity index (χ4v) is 2.32. The maximum Gasteiger partial charge on any atom is 0.153 e. The Morgan fingerprint density at radius 3 is 2.58 bits per heavy atom. The topological polar surface area (TPSA) is 55.4 Å². The molecule has 0 saturated heterocycles. The lowest BCUT2D eigenvalue weighted by Crippen LogP contribution is -2.16. The van der Waals surface area contributed by atoms with Crippen molar-refractivity contribution in [1.82, 2.24) is 5.32 Å². The molecule has 5 heteroatoms. The predicted octanol–water partition coefficient (Wildman–Crippen LogP) is 2.09. The normalized spacial score (nSPS) is 13.3. The molecule has 0 heterocycles. The number of aryl methyl sites for hydroxylation is 1. The van der Waals surface area contributed by atoms with Gasteiger partial charge in [0.25, 0.3) is 0 Å². The molecule has 0 aromatic heterocycles. The Morgan fingerprint density at radius 1 is 1.37 bits per heavy atom. The van der Waals surface area contributed by atoms with Gasteiger partial charge in [0, 0.05) is 11.8 Å². The first-order valence-corrected chi connectivity index (χ1v) is 8.32. The van der Waals surface area contributed by atoms with Crippen molar-refractivity contribution in [1.29, 1.82) is 0 Å². The molecular weight excluding hydrogens is 262 g/mol. The summed E-state index contributed by atoms with van der Waals surface area (Å²) in [5.41, 5.74) is 2.21. The minimum absolute atomic E-state index is 0.0671. The summed E-state index contributed by atoms with van der Waals surface area (Å²) < 4.78 is 28.3. The molecule has 19 heavy (non-hydrogen) atoms. The van der Waals surface area contributed by atoms with E-state index < -0.39 is 9.84 Å². The molecule has 1 N–H and O–H groups in total. The predicted molar refractivity (Wildman–Crippen MR) is 78.5 cm³/mol. The number of nitrogens with one attached hydrogen (secondary N) is 1. The van der Waals surface area contributed by atoms with E-state index in [1.54, 1.807) is 6.92 Å². The van der Waals surface area contributed by atoms with E-state index in [1.165, 1.54) is 5.56 Å². The molecule has 0 aliphatic rings. The summed E-state index contributed by atoms with van der Waals surface area (Å²) in [7, 11) is -1.05. The molecule has 0 spiro atoms. The van der Waals surface area contributed by atoms with Crippen LogP contribution in [0.4, 0.5) is 0 Å². The van der Waals surface area contributed by atoms with Crippen LogP contribution in [0.5, 0.6) is 5.75 Å². The van der Waals surface area contributed by atoms with E-state index in [9.17, 15) is 8.42 Å². The number of sulfone groups is 1. The van der Waals surface area contributed by atoms with E-state index in [-0.39, 0.29) is 24.2 Å². The smallest absolute Gasteiger partial charge is 0.153 e. The molecule has 0 amide bonds. The zero-order valence-electron chi connectivity index (χ0n) is 12.1. The second kappa shape index (κ2) is 6.91. The van der Waals surface area contributed by atoms with Gasteiger partial charge in [-0.05, 0) is 38.1 Å². The van der Waals surface area contributed by atoms with E-state index in [0.29, 0.717) is 0 Å². The summed E-state index contributed by atoms with van der Waals surface area (Å²) in [6, 6.07) is 6.24. The zero-order valence-corrected chi connectivity index (χ0v) is 12.9. The Hall–Kier alpha value is -1.07. The van der Waals surface area contributed by atoms with Gasteiger partial charge in [-0.3, -0.25) is 0 Å². The molecule has 0 fully saturated rings. The van der Waals surface area contributed by atoms with E-state index in [0.717, 1.165) is 11.3 Å². The van der Waals surface area contributed by atoms with Gasteiger partial charge in [0.15, 0.2) is 9.84 Å². The highest BCUT2D eigenvalue weighted by Crippen LogP contribution is 2.22. The second-order valence-corrected chi connectivity index (χ2v) is 7.09. The van der Waals surface area contributed by atoms with Gasteiger partial charge in [-0.1, -0.05) is 19.1 Å². The van der Waals surface area contributed by atoms with Crippen molar-refractivity contribution in [3.63, 3.8) is 0 Å². The summed E-state index contributed by atoms with van der Waals surface area (Å²) >= 11 is 0. The first kappa shape index (κ1) is 16.0. The Balaban J connectivity index is 2.66. The third kappa shape index (κ3) is 4.84. The Bertz CT molecular complexity index is 511. The van der Waals surface area contributed by atoms with Crippen LogP contribution in [-0.4, -0.2) is 33.6 Å². The maximum absolute atomic E-state index is 11.4. The molecule has 0 aliphatic heterocycles. The monoisotopic (exact) mass is 285 g/mol. The summed E-state index contributed by atoms with van der Waals surface area (Å²) in [6.45, 7) is 5.91. The molecular formula is C14H23NO3S. The van der Waals surface area contributed by atoms with E-state index in [4.69, 9.17) is 4.74 Å². The Kier molecular flexibility index (Phi) is 5.82.